The number of carbonyl (C=O) groups is 3. The standard InChI is InChI=1S/C55H94O12/c1-4-7-9-10-13-20-28-42-43(63-42)29-21-14-11-16-24-32-53(56)59-38-40(39-60-54(57)33-26-18-23-31-46-49(65-46)36-48-44(64-48)27-19-8-5-2)61-55(58)34-25-17-12-15-22-30-45-50(66-45)37-52-51(67-52)35-47-41(6-3)62-47/h40-52H,4-39H2,1-3H3. The van der Waals surface area contributed by atoms with E-state index in [1.807, 2.05) is 0 Å². The molecule has 6 rings (SSSR count). The van der Waals surface area contributed by atoms with Crippen molar-refractivity contribution >= 4 is 17.9 Å². The largest absolute Gasteiger partial charge is 0.462 e. The summed E-state index contributed by atoms with van der Waals surface area (Å²) in [4.78, 5) is 38.4. The fourth-order valence-electron chi connectivity index (χ4n) is 10.3. The van der Waals surface area contributed by atoms with Gasteiger partial charge in [-0.05, 0) is 57.8 Å². The topological polar surface area (TPSA) is 154 Å². The highest BCUT2D eigenvalue weighted by Gasteiger charge is 2.51. The molecule has 6 heterocycles. The third-order valence-electron chi connectivity index (χ3n) is 15.1. The maximum absolute atomic E-state index is 12.9. The van der Waals surface area contributed by atoms with Gasteiger partial charge in [0, 0.05) is 38.5 Å². The van der Waals surface area contributed by atoms with Crippen molar-refractivity contribution in [1.29, 1.82) is 0 Å². The van der Waals surface area contributed by atoms with Crippen LogP contribution in [-0.2, 0) is 57.0 Å². The molecule has 0 amide bonds. The van der Waals surface area contributed by atoms with E-state index in [0.29, 0.717) is 86.1 Å². The van der Waals surface area contributed by atoms with Gasteiger partial charge >= 0.3 is 17.9 Å². The number of rotatable bonds is 45. The van der Waals surface area contributed by atoms with Crippen LogP contribution in [0.2, 0.25) is 0 Å². The summed E-state index contributed by atoms with van der Waals surface area (Å²) in [5, 5.41) is 0. The van der Waals surface area contributed by atoms with Gasteiger partial charge in [-0.1, -0.05) is 143 Å². The van der Waals surface area contributed by atoms with E-state index in [9.17, 15) is 14.4 Å². The zero-order valence-electron chi connectivity index (χ0n) is 42.4. The molecule has 6 aliphatic rings. The second kappa shape index (κ2) is 30.8. The fraction of sp³-hybridized carbons (Fsp3) is 0.945. The molecule has 12 heteroatoms. The quantitative estimate of drug-likeness (QED) is 0.0247. The molecule has 0 bridgehead atoms. The van der Waals surface area contributed by atoms with E-state index in [4.69, 9.17) is 42.6 Å². The first kappa shape index (κ1) is 54.5. The van der Waals surface area contributed by atoms with E-state index >= 15 is 0 Å². The van der Waals surface area contributed by atoms with Gasteiger partial charge in [0.25, 0.3) is 0 Å². The predicted octanol–water partition coefficient (Wildman–Crippen LogP) is 11.9. The summed E-state index contributed by atoms with van der Waals surface area (Å²) in [6.45, 7) is 6.43. The number of unbranched alkanes of at least 4 members (excludes halogenated alkanes) is 17. The molecule has 0 spiro atoms. The SMILES string of the molecule is CCCCCCCCC1OC1CCCCCCCC(=O)OCC(COC(=O)CCCCCC1OC1CC1OC1CCCCC)OC(=O)CCCCCCCC1OC1CC1OC1CC1OC1CC. The number of ether oxygens (including phenoxy) is 9. The Kier molecular flexibility index (Phi) is 25.1. The van der Waals surface area contributed by atoms with E-state index in [1.165, 1.54) is 77.0 Å². The second-order valence-electron chi connectivity index (χ2n) is 21.1. The number of esters is 3. The molecule has 6 aliphatic heterocycles. The first-order chi connectivity index (χ1) is 32.8. The van der Waals surface area contributed by atoms with Crippen molar-refractivity contribution < 1.29 is 57.0 Å². The molecular weight excluding hydrogens is 853 g/mol. The predicted molar refractivity (Wildman–Crippen MR) is 258 cm³/mol. The fourth-order valence-corrected chi connectivity index (χ4v) is 10.3. The zero-order valence-corrected chi connectivity index (χ0v) is 42.4. The molecule has 13 unspecified atom stereocenters. The zero-order chi connectivity index (χ0) is 47.1. The van der Waals surface area contributed by atoms with Crippen molar-refractivity contribution in [2.24, 2.45) is 0 Å². The van der Waals surface area contributed by atoms with Gasteiger partial charge in [-0.25, -0.2) is 0 Å². The van der Waals surface area contributed by atoms with Crippen LogP contribution in [0.15, 0.2) is 0 Å². The average Bonchev–Trinajstić information content (AvgIpc) is 4.07. The third kappa shape index (κ3) is 23.3. The van der Waals surface area contributed by atoms with Crippen molar-refractivity contribution in [3.63, 3.8) is 0 Å². The molecule has 0 aromatic carbocycles. The Bertz CT molecular complexity index is 1390. The Morgan fingerprint density at radius 1 is 0.343 bits per heavy atom. The van der Waals surface area contributed by atoms with Crippen molar-refractivity contribution in [3.05, 3.63) is 0 Å². The Balaban J connectivity index is 0.770. The van der Waals surface area contributed by atoms with E-state index in [2.05, 4.69) is 20.8 Å². The van der Waals surface area contributed by atoms with Crippen LogP contribution in [0.4, 0.5) is 0 Å². The summed E-state index contributed by atoms with van der Waals surface area (Å²) in [5.74, 6) is -0.982. The molecule has 0 aromatic heterocycles. The van der Waals surface area contributed by atoms with Gasteiger partial charge in [-0.2, -0.15) is 0 Å². The summed E-state index contributed by atoms with van der Waals surface area (Å²) in [5.41, 5.74) is 0. The van der Waals surface area contributed by atoms with Crippen molar-refractivity contribution in [2.75, 3.05) is 13.2 Å². The van der Waals surface area contributed by atoms with E-state index < -0.39 is 6.10 Å². The van der Waals surface area contributed by atoms with Crippen LogP contribution in [0.3, 0.4) is 0 Å². The first-order valence-corrected chi connectivity index (χ1v) is 28.3. The van der Waals surface area contributed by atoms with Gasteiger partial charge in [-0.3, -0.25) is 14.4 Å². The highest BCUT2D eigenvalue weighted by atomic mass is 16.6. The smallest absolute Gasteiger partial charge is 0.306 e. The van der Waals surface area contributed by atoms with Crippen LogP contribution in [0.25, 0.3) is 0 Å². The highest BCUT2D eigenvalue weighted by molar-refractivity contribution is 5.71. The maximum Gasteiger partial charge on any atom is 0.306 e. The van der Waals surface area contributed by atoms with Gasteiger partial charge in [0.2, 0.25) is 0 Å². The van der Waals surface area contributed by atoms with Crippen molar-refractivity contribution in [1.82, 2.24) is 0 Å². The average molecular weight is 947 g/mol. The van der Waals surface area contributed by atoms with Gasteiger partial charge < -0.3 is 42.6 Å². The molecule has 6 fully saturated rings. The number of carbonyl (C=O) groups excluding carboxylic acids is 3. The first-order valence-electron chi connectivity index (χ1n) is 28.3. The molecule has 0 radical (unpaired) electrons. The van der Waals surface area contributed by atoms with E-state index in [-0.39, 0.29) is 37.5 Å². The van der Waals surface area contributed by atoms with Crippen LogP contribution in [0.5, 0.6) is 0 Å². The van der Waals surface area contributed by atoms with Gasteiger partial charge in [0.15, 0.2) is 6.10 Å². The second-order valence-corrected chi connectivity index (χ2v) is 21.1. The van der Waals surface area contributed by atoms with Gasteiger partial charge in [-0.15, -0.1) is 0 Å². The Morgan fingerprint density at radius 3 is 1.06 bits per heavy atom. The molecule has 0 aromatic rings. The summed E-state index contributed by atoms with van der Waals surface area (Å²) < 4.78 is 52.0. The van der Waals surface area contributed by atoms with Crippen molar-refractivity contribution in [2.45, 2.75) is 318 Å². The minimum Gasteiger partial charge on any atom is -0.462 e. The lowest BCUT2D eigenvalue weighted by Crippen LogP contribution is -2.30. The third-order valence-corrected chi connectivity index (χ3v) is 15.1. The normalized spacial score (nSPS) is 30.1. The molecule has 386 valence electrons. The molecule has 0 saturated carbocycles. The lowest BCUT2D eigenvalue weighted by Gasteiger charge is -2.18. The molecule has 13 atom stereocenters. The Hall–Kier alpha value is -1.83. The van der Waals surface area contributed by atoms with Crippen LogP contribution >= 0.6 is 0 Å². The summed E-state index contributed by atoms with van der Waals surface area (Å²) in [6, 6.07) is 0. The lowest BCUT2D eigenvalue weighted by molar-refractivity contribution is -0.167. The van der Waals surface area contributed by atoms with Crippen LogP contribution < -0.4 is 0 Å². The van der Waals surface area contributed by atoms with Crippen LogP contribution in [0.1, 0.15) is 239 Å². The summed E-state index contributed by atoms with van der Waals surface area (Å²) >= 11 is 0. The van der Waals surface area contributed by atoms with Crippen molar-refractivity contribution in [3.8, 4) is 0 Å². The summed E-state index contributed by atoms with van der Waals surface area (Å²) in [7, 11) is 0. The van der Waals surface area contributed by atoms with Crippen LogP contribution in [-0.4, -0.2) is 110 Å². The van der Waals surface area contributed by atoms with E-state index in [1.54, 1.807) is 0 Å². The molecule has 0 N–H and O–H groups in total. The monoisotopic (exact) mass is 947 g/mol. The lowest BCUT2D eigenvalue weighted by atomic mass is 10.0. The van der Waals surface area contributed by atoms with Gasteiger partial charge in [0.1, 0.15) is 13.2 Å². The molecular formula is C55H94O12. The molecule has 12 nitrogen and oxygen atoms in total. The number of hydrogen-bond donors (Lipinski definition) is 0. The number of epoxide rings is 6. The minimum atomic E-state index is -0.821. The molecule has 67 heavy (non-hydrogen) atoms. The maximum atomic E-state index is 12.9. The van der Waals surface area contributed by atoms with Gasteiger partial charge in [0.05, 0.1) is 73.2 Å². The minimum absolute atomic E-state index is 0.112. The molecule has 6 saturated heterocycles. The van der Waals surface area contributed by atoms with Crippen LogP contribution in [0, 0.1) is 0 Å². The number of hydrogen-bond acceptors (Lipinski definition) is 12. The Labute approximate surface area is 405 Å². The highest BCUT2D eigenvalue weighted by Crippen LogP contribution is 2.42. The Morgan fingerprint density at radius 2 is 0.627 bits per heavy atom. The summed E-state index contributed by atoms with van der Waals surface area (Å²) in [6.07, 6.45) is 39.0. The molecule has 0 aliphatic carbocycles. The van der Waals surface area contributed by atoms with E-state index in [0.717, 1.165) is 122 Å².